The Morgan fingerprint density at radius 2 is 1.52 bits per heavy atom. The molecule has 0 aliphatic heterocycles. The largest absolute Gasteiger partial charge is 0.508 e. The minimum Gasteiger partial charge on any atom is -0.508 e. The van der Waals surface area contributed by atoms with Gasteiger partial charge in [0, 0.05) is 17.3 Å². The fraction of sp³-hybridized carbons (Fsp3) is 0.0500. The van der Waals surface area contributed by atoms with E-state index in [0.29, 0.717) is 11.3 Å². The lowest BCUT2D eigenvalue weighted by Gasteiger charge is -2.08. The quantitative estimate of drug-likeness (QED) is 0.741. The van der Waals surface area contributed by atoms with Gasteiger partial charge in [-0.25, -0.2) is 0 Å². The highest BCUT2D eigenvalue weighted by Crippen LogP contribution is 2.22. The summed E-state index contributed by atoms with van der Waals surface area (Å²) in [5, 5.41) is 12.5. The highest BCUT2D eigenvalue weighted by Gasteiger charge is 2.07. The molecule has 0 aliphatic rings. The zero-order valence-corrected chi connectivity index (χ0v) is 12.8. The van der Waals surface area contributed by atoms with Gasteiger partial charge in [-0.2, -0.15) is 0 Å². The predicted octanol–water partition coefficient (Wildman–Crippen LogP) is 4.62. The number of aromatic hydroxyl groups is 1. The maximum Gasteiger partial charge on any atom is 0.255 e. The summed E-state index contributed by atoms with van der Waals surface area (Å²) < 4.78 is 0. The first-order valence-corrected chi connectivity index (χ1v) is 7.40. The van der Waals surface area contributed by atoms with Gasteiger partial charge < -0.3 is 10.4 Å². The molecule has 114 valence electrons. The Kier molecular flexibility index (Phi) is 4.11. The van der Waals surface area contributed by atoms with Crippen LogP contribution in [0, 0.1) is 6.92 Å². The Morgan fingerprint density at radius 1 is 0.870 bits per heavy atom. The summed E-state index contributed by atoms with van der Waals surface area (Å²) in [6, 6.07) is 22.5. The van der Waals surface area contributed by atoms with Crippen LogP contribution in [0.5, 0.6) is 5.75 Å². The third-order valence-electron chi connectivity index (χ3n) is 3.72. The first-order valence-electron chi connectivity index (χ1n) is 7.40. The van der Waals surface area contributed by atoms with E-state index >= 15 is 0 Å². The average molecular weight is 303 g/mol. The Balaban J connectivity index is 1.76. The van der Waals surface area contributed by atoms with Gasteiger partial charge in [0.05, 0.1) is 0 Å². The van der Waals surface area contributed by atoms with Gasteiger partial charge in [-0.15, -0.1) is 0 Å². The molecule has 0 atom stereocenters. The zero-order chi connectivity index (χ0) is 16.2. The normalized spacial score (nSPS) is 10.3. The van der Waals surface area contributed by atoms with Gasteiger partial charge in [-0.05, 0) is 41.8 Å². The van der Waals surface area contributed by atoms with Crippen LogP contribution in [0.25, 0.3) is 11.1 Å². The highest BCUT2D eigenvalue weighted by molar-refractivity contribution is 6.04. The van der Waals surface area contributed by atoms with Gasteiger partial charge in [0.1, 0.15) is 5.75 Å². The second-order valence-corrected chi connectivity index (χ2v) is 5.40. The van der Waals surface area contributed by atoms with Crippen molar-refractivity contribution in [2.24, 2.45) is 0 Å². The highest BCUT2D eigenvalue weighted by atomic mass is 16.3. The van der Waals surface area contributed by atoms with Gasteiger partial charge in [0.2, 0.25) is 0 Å². The van der Waals surface area contributed by atoms with Crippen molar-refractivity contribution >= 4 is 11.6 Å². The minimum absolute atomic E-state index is 0.169. The number of hydrogen-bond acceptors (Lipinski definition) is 2. The van der Waals surface area contributed by atoms with Gasteiger partial charge in [0.25, 0.3) is 5.91 Å². The average Bonchev–Trinajstić information content (AvgIpc) is 2.59. The predicted molar refractivity (Wildman–Crippen MR) is 92.7 cm³/mol. The molecule has 0 saturated carbocycles. The molecular formula is C20H17NO2. The third-order valence-corrected chi connectivity index (χ3v) is 3.72. The molecule has 3 rings (SSSR count). The number of carbonyl (C=O) groups is 1. The molecule has 0 spiro atoms. The van der Waals surface area contributed by atoms with Gasteiger partial charge >= 0.3 is 0 Å². The topological polar surface area (TPSA) is 49.3 Å². The van der Waals surface area contributed by atoms with Crippen molar-refractivity contribution in [2.75, 3.05) is 5.32 Å². The van der Waals surface area contributed by atoms with E-state index in [1.807, 2.05) is 49.4 Å². The Labute approximate surface area is 135 Å². The molecule has 3 aromatic rings. The molecule has 3 heteroatoms. The SMILES string of the molecule is Cc1ccc(NC(=O)c2ccc(-c3ccccc3)cc2)cc1O. The maximum atomic E-state index is 12.3. The smallest absolute Gasteiger partial charge is 0.255 e. The van der Waals surface area contributed by atoms with Crippen molar-refractivity contribution < 1.29 is 9.90 Å². The number of phenolic OH excluding ortho intramolecular Hbond substituents is 1. The molecule has 3 nitrogen and oxygen atoms in total. The first kappa shape index (κ1) is 14.9. The molecule has 0 aromatic heterocycles. The molecule has 1 amide bonds. The maximum absolute atomic E-state index is 12.3. The van der Waals surface area contributed by atoms with Crippen LogP contribution in [-0.2, 0) is 0 Å². The van der Waals surface area contributed by atoms with E-state index in [4.69, 9.17) is 0 Å². The molecular weight excluding hydrogens is 286 g/mol. The molecule has 23 heavy (non-hydrogen) atoms. The summed E-state index contributed by atoms with van der Waals surface area (Å²) in [4.78, 5) is 12.3. The second-order valence-electron chi connectivity index (χ2n) is 5.40. The molecule has 2 N–H and O–H groups in total. The Hall–Kier alpha value is -3.07. The van der Waals surface area contributed by atoms with Crippen molar-refractivity contribution in [3.8, 4) is 16.9 Å². The standard InChI is InChI=1S/C20H17NO2/c1-14-7-12-18(13-19(14)22)21-20(23)17-10-8-16(9-11-17)15-5-3-2-4-6-15/h2-13,22H,1H3,(H,21,23). The summed E-state index contributed by atoms with van der Waals surface area (Å²) in [5.41, 5.74) is 4.10. The van der Waals surface area contributed by atoms with Crippen LogP contribution in [0.4, 0.5) is 5.69 Å². The summed E-state index contributed by atoms with van der Waals surface area (Å²) in [7, 11) is 0. The molecule has 0 bridgehead atoms. The monoisotopic (exact) mass is 303 g/mol. The molecule has 0 radical (unpaired) electrons. The van der Waals surface area contributed by atoms with Crippen molar-refractivity contribution in [2.45, 2.75) is 6.92 Å². The van der Waals surface area contributed by atoms with E-state index in [-0.39, 0.29) is 11.7 Å². The van der Waals surface area contributed by atoms with Crippen molar-refractivity contribution in [1.29, 1.82) is 0 Å². The number of amides is 1. The van der Waals surface area contributed by atoms with E-state index in [9.17, 15) is 9.90 Å². The summed E-state index contributed by atoms with van der Waals surface area (Å²) in [5.74, 6) is -0.0323. The van der Waals surface area contributed by atoms with Crippen LogP contribution in [0.3, 0.4) is 0 Å². The number of nitrogens with one attached hydrogen (secondary N) is 1. The van der Waals surface area contributed by atoms with Crippen LogP contribution < -0.4 is 5.32 Å². The van der Waals surface area contributed by atoms with Crippen molar-refractivity contribution in [1.82, 2.24) is 0 Å². The van der Waals surface area contributed by atoms with Crippen LogP contribution in [0.15, 0.2) is 72.8 Å². The Morgan fingerprint density at radius 3 is 2.17 bits per heavy atom. The minimum atomic E-state index is -0.201. The second kappa shape index (κ2) is 6.36. The van der Waals surface area contributed by atoms with E-state index in [2.05, 4.69) is 5.32 Å². The molecule has 0 fully saturated rings. The number of hydrogen-bond donors (Lipinski definition) is 2. The number of rotatable bonds is 3. The third kappa shape index (κ3) is 3.40. The first-order chi connectivity index (χ1) is 11.1. The van der Waals surface area contributed by atoms with Crippen LogP contribution in [0.2, 0.25) is 0 Å². The lowest BCUT2D eigenvalue weighted by atomic mass is 10.0. The molecule has 0 aliphatic carbocycles. The van der Waals surface area contributed by atoms with Gasteiger partial charge in [0.15, 0.2) is 0 Å². The number of aryl methyl sites for hydroxylation is 1. The number of anilines is 1. The van der Waals surface area contributed by atoms with Crippen LogP contribution in [-0.4, -0.2) is 11.0 Å². The fourth-order valence-corrected chi connectivity index (χ4v) is 2.34. The van der Waals surface area contributed by atoms with E-state index in [0.717, 1.165) is 16.7 Å². The number of benzene rings is 3. The zero-order valence-electron chi connectivity index (χ0n) is 12.8. The lowest BCUT2D eigenvalue weighted by Crippen LogP contribution is -2.11. The molecule has 0 saturated heterocycles. The summed E-state index contributed by atoms with van der Waals surface area (Å²) >= 11 is 0. The van der Waals surface area contributed by atoms with Crippen LogP contribution in [0.1, 0.15) is 15.9 Å². The van der Waals surface area contributed by atoms with Crippen molar-refractivity contribution in [3.63, 3.8) is 0 Å². The summed E-state index contributed by atoms with van der Waals surface area (Å²) in [6.45, 7) is 1.81. The summed E-state index contributed by atoms with van der Waals surface area (Å²) in [6.07, 6.45) is 0. The van der Waals surface area contributed by atoms with E-state index < -0.39 is 0 Å². The van der Waals surface area contributed by atoms with E-state index in [1.54, 1.807) is 30.3 Å². The molecule has 0 heterocycles. The van der Waals surface area contributed by atoms with Gasteiger partial charge in [-0.3, -0.25) is 4.79 Å². The molecule has 3 aromatic carbocycles. The number of phenols is 1. The fourth-order valence-electron chi connectivity index (χ4n) is 2.34. The number of carbonyl (C=O) groups excluding carboxylic acids is 1. The molecule has 0 unspecified atom stereocenters. The Bertz CT molecular complexity index is 824. The lowest BCUT2D eigenvalue weighted by molar-refractivity contribution is 0.102. The van der Waals surface area contributed by atoms with E-state index in [1.165, 1.54) is 0 Å². The van der Waals surface area contributed by atoms with Crippen molar-refractivity contribution in [3.05, 3.63) is 83.9 Å². The van der Waals surface area contributed by atoms with Crippen LogP contribution >= 0.6 is 0 Å². The van der Waals surface area contributed by atoms with Gasteiger partial charge in [-0.1, -0.05) is 48.5 Å².